The molecule has 6 heteroatoms. The second-order valence-electron chi connectivity index (χ2n) is 4.78. The van der Waals surface area contributed by atoms with Gasteiger partial charge in [0.05, 0.1) is 0 Å². The molecule has 0 aliphatic rings. The topological polar surface area (TPSA) is 68.0 Å². The van der Waals surface area contributed by atoms with Crippen molar-refractivity contribution in [3.8, 4) is 11.4 Å². The number of nitrogens with zero attached hydrogens (tertiary/aromatic N) is 3. The normalized spacial score (nSPS) is 11.0. The molecular weight excluding hydrogens is 290 g/mol. The zero-order valence-corrected chi connectivity index (χ0v) is 12.0. The van der Waals surface area contributed by atoms with Gasteiger partial charge in [-0.15, -0.1) is 0 Å². The summed E-state index contributed by atoms with van der Waals surface area (Å²) in [5, 5.41) is 9.74. The van der Waals surface area contributed by atoms with E-state index >= 15 is 0 Å². The molecule has 1 aromatic carbocycles. The van der Waals surface area contributed by atoms with E-state index in [2.05, 4.69) is 9.97 Å². The number of aryl methyl sites for hydroxylation is 1. The molecule has 0 bridgehead atoms. The molecule has 0 aliphatic heterocycles. The molecule has 1 N–H and O–H groups in total. The zero-order valence-electron chi connectivity index (χ0n) is 11.2. The molecule has 2 heterocycles. The van der Waals surface area contributed by atoms with Gasteiger partial charge in [-0.2, -0.15) is 0 Å². The van der Waals surface area contributed by atoms with Gasteiger partial charge in [0.1, 0.15) is 17.9 Å². The largest absolute Gasteiger partial charge is 0.480 e. The fourth-order valence-electron chi connectivity index (χ4n) is 2.22. The van der Waals surface area contributed by atoms with Gasteiger partial charge in [-0.05, 0) is 42.8 Å². The van der Waals surface area contributed by atoms with Crippen molar-refractivity contribution >= 4 is 28.7 Å². The highest BCUT2D eigenvalue weighted by molar-refractivity contribution is 6.30. The molecule has 0 unspecified atom stereocenters. The van der Waals surface area contributed by atoms with E-state index in [4.69, 9.17) is 16.7 Å². The first-order chi connectivity index (χ1) is 10.0. The Kier molecular flexibility index (Phi) is 3.35. The van der Waals surface area contributed by atoms with Crippen LogP contribution in [0.1, 0.15) is 5.56 Å². The number of benzene rings is 1. The van der Waals surface area contributed by atoms with Crippen molar-refractivity contribution < 1.29 is 9.90 Å². The summed E-state index contributed by atoms with van der Waals surface area (Å²) in [7, 11) is 0. The summed E-state index contributed by atoms with van der Waals surface area (Å²) in [4.78, 5) is 19.9. The first kappa shape index (κ1) is 13.6. The quantitative estimate of drug-likeness (QED) is 0.807. The molecule has 0 amide bonds. The van der Waals surface area contributed by atoms with E-state index in [0.717, 1.165) is 11.1 Å². The number of halogens is 1. The van der Waals surface area contributed by atoms with E-state index in [9.17, 15) is 4.79 Å². The second kappa shape index (κ2) is 5.18. The molecular formula is C15H12ClN3O2. The lowest BCUT2D eigenvalue weighted by atomic mass is 10.2. The average Bonchev–Trinajstić information content (AvgIpc) is 2.77. The Bertz CT molecular complexity index is 825. The maximum atomic E-state index is 11.1. The first-order valence-corrected chi connectivity index (χ1v) is 6.73. The molecule has 3 aromatic rings. The maximum Gasteiger partial charge on any atom is 0.323 e. The molecule has 0 fully saturated rings. The number of carboxylic acids is 1. The number of imidazole rings is 1. The third-order valence-corrected chi connectivity index (χ3v) is 3.37. The van der Waals surface area contributed by atoms with Gasteiger partial charge in [-0.25, -0.2) is 9.97 Å². The molecule has 2 aromatic heterocycles. The van der Waals surface area contributed by atoms with Crippen LogP contribution < -0.4 is 0 Å². The number of pyridine rings is 1. The number of carbonyl (C=O) groups is 1. The second-order valence-corrected chi connectivity index (χ2v) is 5.21. The van der Waals surface area contributed by atoms with Gasteiger partial charge in [-0.1, -0.05) is 11.6 Å². The van der Waals surface area contributed by atoms with Gasteiger partial charge in [-0.3, -0.25) is 9.36 Å². The molecule has 5 nitrogen and oxygen atoms in total. The van der Waals surface area contributed by atoms with Gasteiger partial charge < -0.3 is 5.11 Å². The standard InChI is InChI=1S/C15H12ClN3O2/c1-9-6-12-15(17-7-9)19(8-13(20)21)14(18-12)10-2-4-11(16)5-3-10/h2-7H,8H2,1H3,(H,20,21). The number of aromatic nitrogens is 3. The van der Waals surface area contributed by atoms with Gasteiger partial charge >= 0.3 is 5.97 Å². The highest BCUT2D eigenvalue weighted by Crippen LogP contribution is 2.25. The minimum absolute atomic E-state index is 0.190. The van der Waals surface area contributed by atoms with E-state index in [1.165, 1.54) is 0 Å². The Morgan fingerprint density at radius 3 is 2.71 bits per heavy atom. The van der Waals surface area contributed by atoms with Crippen LogP contribution in [0.4, 0.5) is 0 Å². The molecule has 0 aliphatic carbocycles. The predicted octanol–water partition coefficient (Wildman–Crippen LogP) is 3.14. The Hall–Kier alpha value is -2.40. The first-order valence-electron chi connectivity index (χ1n) is 6.35. The van der Waals surface area contributed by atoms with Crippen molar-refractivity contribution in [3.63, 3.8) is 0 Å². The molecule has 0 radical (unpaired) electrons. The number of carboxylic acid groups (broad SMARTS) is 1. The van der Waals surface area contributed by atoms with Crippen LogP contribution >= 0.6 is 11.6 Å². The van der Waals surface area contributed by atoms with Crippen LogP contribution in [0.3, 0.4) is 0 Å². The van der Waals surface area contributed by atoms with E-state index in [0.29, 0.717) is 22.0 Å². The van der Waals surface area contributed by atoms with Crippen LogP contribution in [-0.2, 0) is 11.3 Å². The van der Waals surface area contributed by atoms with Crippen LogP contribution in [0.2, 0.25) is 5.02 Å². The Labute approximate surface area is 125 Å². The summed E-state index contributed by atoms with van der Waals surface area (Å²) < 4.78 is 1.60. The smallest absolute Gasteiger partial charge is 0.323 e. The molecule has 0 spiro atoms. The summed E-state index contributed by atoms with van der Waals surface area (Å²) in [6, 6.07) is 9.02. The molecule has 0 saturated carbocycles. The summed E-state index contributed by atoms with van der Waals surface area (Å²) in [5.41, 5.74) is 3.02. The Morgan fingerprint density at radius 2 is 2.05 bits per heavy atom. The number of fused-ring (bicyclic) bond motifs is 1. The lowest BCUT2D eigenvalue weighted by molar-refractivity contribution is -0.137. The lowest BCUT2D eigenvalue weighted by Crippen LogP contribution is -2.10. The molecule has 0 saturated heterocycles. The lowest BCUT2D eigenvalue weighted by Gasteiger charge is -2.06. The molecule has 3 rings (SSSR count). The van der Waals surface area contributed by atoms with Crippen LogP contribution in [0, 0.1) is 6.92 Å². The fourth-order valence-corrected chi connectivity index (χ4v) is 2.34. The van der Waals surface area contributed by atoms with Crippen LogP contribution in [0.25, 0.3) is 22.6 Å². The van der Waals surface area contributed by atoms with E-state index in [-0.39, 0.29) is 6.54 Å². The van der Waals surface area contributed by atoms with Crippen molar-refractivity contribution in [1.82, 2.24) is 14.5 Å². The van der Waals surface area contributed by atoms with Gasteiger partial charge in [0.15, 0.2) is 5.65 Å². The van der Waals surface area contributed by atoms with Gasteiger partial charge in [0.25, 0.3) is 0 Å². The highest BCUT2D eigenvalue weighted by atomic mass is 35.5. The van der Waals surface area contributed by atoms with E-state index in [1.54, 1.807) is 22.9 Å². The summed E-state index contributed by atoms with van der Waals surface area (Å²) in [6.45, 7) is 1.73. The van der Waals surface area contributed by atoms with Crippen molar-refractivity contribution in [2.24, 2.45) is 0 Å². The van der Waals surface area contributed by atoms with Crippen molar-refractivity contribution in [3.05, 3.63) is 47.1 Å². The number of rotatable bonds is 3. The molecule has 0 atom stereocenters. The van der Waals surface area contributed by atoms with Crippen molar-refractivity contribution in [1.29, 1.82) is 0 Å². The third-order valence-electron chi connectivity index (χ3n) is 3.12. The third kappa shape index (κ3) is 2.60. The van der Waals surface area contributed by atoms with Crippen LogP contribution in [0.15, 0.2) is 36.5 Å². The van der Waals surface area contributed by atoms with Gasteiger partial charge in [0, 0.05) is 16.8 Å². The van der Waals surface area contributed by atoms with Crippen LogP contribution in [0.5, 0.6) is 0 Å². The molecule has 106 valence electrons. The maximum absolute atomic E-state index is 11.1. The predicted molar refractivity (Wildman–Crippen MR) is 80.3 cm³/mol. The molecule has 21 heavy (non-hydrogen) atoms. The average molecular weight is 302 g/mol. The van der Waals surface area contributed by atoms with Crippen molar-refractivity contribution in [2.75, 3.05) is 0 Å². The van der Waals surface area contributed by atoms with Crippen molar-refractivity contribution in [2.45, 2.75) is 13.5 Å². The number of hydrogen-bond donors (Lipinski definition) is 1. The summed E-state index contributed by atoms with van der Waals surface area (Å²) in [5.74, 6) is -0.367. The Balaban J connectivity index is 2.24. The zero-order chi connectivity index (χ0) is 15.0. The number of hydrogen-bond acceptors (Lipinski definition) is 3. The van der Waals surface area contributed by atoms with Gasteiger partial charge in [0.2, 0.25) is 0 Å². The number of aliphatic carboxylic acids is 1. The monoisotopic (exact) mass is 301 g/mol. The van der Waals surface area contributed by atoms with Crippen LogP contribution in [-0.4, -0.2) is 25.6 Å². The highest BCUT2D eigenvalue weighted by Gasteiger charge is 2.15. The van der Waals surface area contributed by atoms with E-state index < -0.39 is 5.97 Å². The van der Waals surface area contributed by atoms with E-state index in [1.807, 2.05) is 25.1 Å². The minimum atomic E-state index is -0.938. The summed E-state index contributed by atoms with van der Waals surface area (Å²) in [6.07, 6.45) is 1.70. The fraction of sp³-hybridized carbons (Fsp3) is 0.133. The summed E-state index contributed by atoms with van der Waals surface area (Å²) >= 11 is 5.89. The Morgan fingerprint density at radius 1 is 1.33 bits per heavy atom. The minimum Gasteiger partial charge on any atom is -0.480 e. The SMILES string of the molecule is Cc1cnc2c(c1)nc(-c1ccc(Cl)cc1)n2CC(=O)O.